The van der Waals surface area contributed by atoms with Crippen LogP contribution in [0.4, 0.5) is 0 Å². The Kier molecular flexibility index (Phi) is 5.38. The molecule has 0 saturated carbocycles. The van der Waals surface area contributed by atoms with Crippen molar-refractivity contribution in [2.45, 2.75) is 26.3 Å². The lowest BCUT2D eigenvalue weighted by atomic mass is 9.99. The van der Waals surface area contributed by atoms with Crippen LogP contribution in [0.1, 0.15) is 42.5 Å². The first kappa shape index (κ1) is 17.4. The Morgan fingerprint density at radius 1 is 1.35 bits per heavy atom. The van der Waals surface area contributed by atoms with Gasteiger partial charge in [0.1, 0.15) is 5.01 Å². The molecule has 1 aromatic carbocycles. The van der Waals surface area contributed by atoms with Gasteiger partial charge in [0, 0.05) is 29.6 Å². The lowest BCUT2D eigenvalue weighted by Crippen LogP contribution is -2.26. The van der Waals surface area contributed by atoms with Crippen molar-refractivity contribution in [2.24, 2.45) is 0 Å². The van der Waals surface area contributed by atoms with E-state index in [1.165, 1.54) is 22.3 Å². The van der Waals surface area contributed by atoms with Crippen LogP contribution in [0.5, 0.6) is 0 Å². The zero-order valence-corrected chi connectivity index (χ0v) is 14.7. The van der Waals surface area contributed by atoms with Gasteiger partial charge in [-0.3, -0.25) is 4.79 Å². The fourth-order valence-corrected chi connectivity index (χ4v) is 3.33. The van der Waals surface area contributed by atoms with E-state index in [1.807, 2.05) is 12.3 Å². The van der Waals surface area contributed by atoms with E-state index in [9.17, 15) is 14.7 Å². The molecule has 0 aliphatic carbocycles. The molecule has 23 heavy (non-hydrogen) atoms. The molecule has 1 heterocycles. The number of aromatic nitrogens is 1. The number of carboxylic acids is 1. The summed E-state index contributed by atoms with van der Waals surface area (Å²) in [7, 11) is 1.67. The summed E-state index contributed by atoms with van der Waals surface area (Å²) in [5, 5.41) is 12.1. The van der Waals surface area contributed by atoms with Crippen LogP contribution in [0, 0.1) is 13.8 Å². The highest BCUT2D eigenvalue weighted by Crippen LogP contribution is 2.21. The highest BCUT2D eigenvalue weighted by atomic mass is 35.5. The number of halogens is 1. The third-order valence-corrected chi connectivity index (χ3v) is 4.76. The first-order valence-corrected chi connectivity index (χ1v) is 8.34. The van der Waals surface area contributed by atoms with Gasteiger partial charge in [0.25, 0.3) is 5.91 Å². The fraction of sp³-hybridized carbons (Fsp3) is 0.312. The van der Waals surface area contributed by atoms with Crippen LogP contribution >= 0.6 is 22.9 Å². The van der Waals surface area contributed by atoms with Gasteiger partial charge in [-0.2, -0.15) is 0 Å². The second-order valence-corrected chi connectivity index (χ2v) is 6.50. The molecule has 2 rings (SSSR count). The molecule has 0 saturated heterocycles. The second kappa shape index (κ2) is 7.10. The number of benzene rings is 1. The largest absolute Gasteiger partial charge is 0.478 e. The van der Waals surface area contributed by atoms with Crippen molar-refractivity contribution in [1.29, 1.82) is 0 Å². The molecule has 0 unspecified atom stereocenters. The summed E-state index contributed by atoms with van der Waals surface area (Å²) >= 11 is 7.36. The molecule has 1 aromatic heterocycles. The second-order valence-electron chi connectivity index (χ2n) is 5.29. The van der Waals surface area contributed by atoms with Gasteiger partial charge >= 0.3 is 5.97 Å². The monoisotopic (exact) mass is 352 g/mol. The molecule has 0 aliphatic heterocycles. The molecule has 2 aromatic rings. The Hall–Kier alpha value is -1.92. The molecule has 0 fully saturated rings. The summed E-state index contributed by atoms with van der Waals surface area (Å²) in [6, 6.07) is 3.06. The number of hydrogen-bond donors (Lipinski definition) is 1. The number of nitrogens with zero attached hydrogens (tertiary/aromatic N) is 2. The average Bonchev–Trinajstić information content (AvgIpc) is 2.91. The van der Waals surface area contributed by atoms with Gasteiger partial charge in [0.15, 0.2) is 0 Å². The molecule has 1 amide bonds. The van der Waals surface area contributed by atoms with Gasteiger partial charge in [0.2, 0.25) is 0 Å². The summed E-state index contributed by atoms with van der Waals surface area (Å²) in [4.78, 5) is 29.8. The number of carbonyl (C=O) groups excluding carboxylic acids is 1. The number of carbonyl (C=O) groups is 2. The molecule has 0 bridgehead atoms. The molecule has 0 radical (unpaired) electrons. The third-order valence-electron chi connectivity index (χ3n) is 3.52. The normalized spacial score (nSPS) is 10.6. The van der Waals surface area contributed by atoms with Crippen molar-refractivity contribution in [3.63, 3.8) is 0 Å². The highest BCUT2D eigenvalue weighted by Gasteiger charge is 2.19. The Balaban J connectivity index is 2.30. The molecule has 7 heteroatoms. The van der Waals surface area contributed by atoms with Crippen molar-refractivity contribution in [1.82, 2.24) is 9.88 Å². The number of aryl methyl sites for hydroxylation is 1. The van der Waals surface area contributed by atoms with Gasteiger partial charge in [-0.25, -0.2) is 9.78 Å². The Morgan fingerprint density at radius 2 is 2.04 bits per heavy atom. The Morgan fingerprint density at radius 3 is 2.57 bits per heavy atom. The molecular formula is C16H17ClN2O3S. The van der Waals surface area contributed by atoms with Crippen LogP contribution in [0.25, 0.3) is 0 Å². The Labute approximate surface area is 143 Å². The van der Waals surface area contributed by atoms with Crippen LogP contribution in [0.3, 0.4) is 0 Å². The SMILES string of the molecule is Cc1csc(CN(C)C(=O)c2cc(CCl)c(C)c(C(=O)O)c2)n1. The van der Waals surface area contributed by atoms with E-state index in [0.29, 0.717) is 23.2 Å². The number of hydrogen-bond acceptors (Lipinski definition) is 4. The maximum Gasteiger partial charge on any atom is 0.335 e. The van der Waals surface area contributed by atoms with E-state index in [-0.39, 0.29) is 17.4 Å². The van der Waals surface area contributed by atoms with E-state index in [0.717, 1.165) is 10.7 Å². The lowest BCUT2D eigenvalue weighted by molar-refractivity contribution is 0.0696. The van der Waals surface area contributed by atoms with Crippen LogP contribution in [0.15, 0.2) is 17.5 Å². The van der Waals surface area contributed by atoms with E-state index in [1.54, 1.807) is 20.0 Å². The number of alkyl halides is 1. The number of carboxylic acid groups (broad SMARTS) is 1. The molecule has 0 aliphatic rings. The molecule has 1 N–H and O–H groups in total. The predicted molar refractivity (Wildman–Crippen MR) is 90.3 cm³/mol. The first-order valence-electron chi connectivity index (χ1n) is 6.92. The zero-order valence-electron chi connectivity index (χ0n) is 13.1. The maximum absolute atomic E-state index is 12.6. The summed E-state index contributed by atoms with van der Waals surface area (Å²) in [5.41, 5.74) is 2.57. The topological polar surface area (TPSA) is 70.5 Å². The smallest absolute Gasteiger partial charge is 0.335 e. The van der Waals surface area contributed by atoms with Crippen LogP contribution < -0.4 is 0 Å². The number of thiazole rings is 1. The quantitative estimate of drug-likeness (QED) is 0.836. The standard InChI is InChI=1S/C16H17ClN2O3S/c1-9-8-23-14(18-9)7-19(3)15(20)11-4-12(6-17)10(2)13(5-11)16(21)22/h4-5,8H,6-7H2,1-3H3,(H,21,22). The first-order chi connectivity index (χ1) is 10.8. The van der Waals surface area contributed by atoms with Crippen LogP contribution in [-0.4, -0.2) is 33.9 Å². The summed E-state index contributed by atoms with van der Waals surface area (Å²) in [6.07, 6.45) is 0. The van der Waals surface area contributed by atoms with Gasteiger partial charge < -0.3 is 10.0 Å². The molecule has 0 atom stereocenters. The van der Waals surface area contributed by atoms with Crippen LogP contribution in [-0.2, 0) is 12.4 Å². The van der Waals surface area contributed by atoms with E-state index in [4.69, 9.17) is 11.6 Å². The van der Waals surface area contributed by atoms with E-state index >= 15 is 0 Å². The average molecular weight is 353 g/mol. The van der Waals surface area contributed by atoms with E-state index in [2.05, 4.69) is 4.98 Å². The van der Waals surface area contributed by atoms with Crippen molar-refractivity contribution in [3.05, 3.63) is 50.5 Å². The van der Waals surface area contributed by atoms with Crippen LogP contribution in [0.2, 0.25) is 0 Å². The van der Waals surface area contributed by atoms with Gasteiger partial charge in [-0.15, -0.1) is 22.9 Å². The minimum absolute atomic E-state index is 0.102. The highest BCUT2D eigenvalue weighted by molar-refractivity contribution is 7.09. The van der Waals surface area contributed by atoms with Crippen molar-refractivity contribution >= 4 is 34.8 Å². The number of amides is 1. The van der Waals surface area contributed by atoms with Crippen molar-refractivity contribution in [3.8, 4) is 0 Å². The molecule has 0 spiro atoms. The number of aromatic carboxylic acids is 1. The minimum atomic E-state index is -1.07. The fourth-order valence-electron chi connectivity index (χ4n) is 2.23. The Bertz CT molecular complexity index is 758. The third kappa shape index (κ3) is 3.89. The van der Waals surface area contributed by atoms with Crippen molar-refractivity contribution in [2.75, 3.05) is 7.05 Å². The summed E-state index contributed by atoms with van der Waals surface area (Å²) in [6.45, 7) is 3.97. The predicted octanol–water partition coefficient (Wildman–Crippen LogP) is 3.47. The van der Waals surface area contributed by atoms with E-state index < -0.39 is 5.97 Å². The van der Waals surface area contributed by atoms with Gasteiger partial charge in [0.05, 0.1) is 12.1 Å². The molecule has 5 nitrogen and oxygen atoms in total. The van der Waals surface area contributed by atoms with Gasteiger partial charge in [-0.1, -0.05) is 0 Å². The zero-order chi connectivity index (χ0) is 17.1. The van der Waals surface area contributed by atoms with Crippen molar-refractivity contribution < 1.29 is 14.7 Å². The van der Waals surface area contributed by atoms with Gasteiger partial charge in [-0.05, 0) is 37.1 Å². The summed E-state index contributed by atoms with van der Waals surface area (Å²) < 4.78 is 0. The number of rotatable bonds is 5. The molecular weight excluding hydrogens is 336 g/mol. The maximum atomic E-state index is 12.6. The summed E-state index contributed by atoms with van der Waals surface area (Å²) in [5.74, 6) is -1.17. The lowest BCUT2D eigenvalue weighted by Gasteiger charge is -2.17. The minimum Gasteiger partial charge on any atom is -0.478 e. The molecule has 122 valence electrons.